The minimum Gasteiger partial charge on any atom is -0.463 e. The molecular weight excluding hydrogens is 234 g/mol. The van der Waals surface area contributed by atoms with E-state index in [1.54, 1.807) is 11.9 Å². The lowest BCUT2D eigenvalue weighted by molar-refractivity contribution is 0.267. The van der Waals surface area contributed by atoms with Crippen LogP contribution in [-0.2, 0) is 0 Å². The van der Waals surface area contributed by atoms with E-state index in [2.05, 4.69) is 20.3 Å². The molecule has 0 bridgehead atoms. The number of aromatic nitrogens is 3. The summed E-state index contributed by atoms with van der Waals surface area (Å²) >= 11 is 0. The van der Waals surface area contributed by atoms with Gasteiger partial charge in [0.25, 0.3) is 0 Å². The minimum absolute atomic E-state index is 0.0300. The smallest absolute Gasteiger partial charge is 0.323 e. The maximum atomic E-state index is 9.14. The van der Waals surface area contributed by atoms with Crippen molar-refractivity contribution in [2.45, 2.75) is 26.3 Å². The van der Waals surface area contributed by atoms with Gasteiger partial charge in [0, 0.05) is 14.1 Å². The van der Waals surface area contributed by atoms with E-state index in [0.29, 0.717) is 24.5 Å². The van der Waals surface area contributed by atoms with Crippen LogP contribution in [0.25, 0.3) is 0 Å². The number of anilines is 2. The fourth-order valence-corrected chi connectivity index (χ4v) is 1.19. The SMILES string of the molecule is CCCOc1nc(NC)nc(N(C)C(C)CO)n1. The minimum atomic E-state index is -0.0730. The zero-order valence-corrected chi connectivity index (χ0v) is 11.3. The molecule has 0 aliphatic carbocycles. The Hall–Kier alpha value is -1.63. The topological polar surface area (TPSA) is 83.4 Å². The first-order chi connectivity index (χ1) is 8.62. The second-order valence-corrected chi connectivity index (χ2v) is 3.98. The number of rotatable bonds is 7. The van der Waals surface area contributed by atoms with E-state index in [9.17, 15) is 0 Å². The molecule has 18 heavy (non-hydrogen) atoms. The van der Waals surface area contributed by atoms with Crippen LogP contribution >= 0.6 is 0 Å². The van der Waals surface area contributed by atoms with Gasteiger partial charge in [0.2, 0.25) is 11.9 Å². The summed E-state index contributed by atoms with van der Waals surface area (Å²) in [5.41, 5.74) is 0. The van der Waals surface area contributed by atoms with E-state index in [1.807, 2.05) is 20.9 Å². The third kappa shape index (κ3) is 3.69. The molecule has 0 aliphatic heterocycles. The van der Waals surface area contributed by atoms with E-state index in [-0.39, 0.29) is 12.6 Å². The van der Waals surface area contributed by atoms with Gasteiger partial charge >= 0.3 is 6.01 Å². The molecule has 102 valence electrons. The van der Waals surface area contributed by atoms with Crippen LogP contribution in [0.5, 0.6) is 6.01 Å². The highest BCUT2D eigenvalue weighted by Crippen LogP contribution is 2.15. The van der Waals surface area contributed by atoms with Crippen LogP contribution in [0, 0.1) is 0 Å². The Labute approximate surface area is 107 Å². The lowest BCUT2D eigenvalue weighted by Gasteiger charge is -2.23. The molecule has 0 saturated heterocycles. The Morgan fingerprint density at radius 1 is 1.39 bits per heavy atom. The first-order valence-corrected chi connectivity index (χ1v) is 6.02. The molecule has 0 spiro atoms. The highest BCUT2D eigenvalue weighted by atomic mass is 16.5. The molecule has 1 aromatic rings. The van der Waals surface area contributed by atoms with Crippen molar-refractivity contribution in [2.75, 3.05) is 37.5 Å². The maximum absolute atomic E-state index is 9.14. The predicted octanol–water partition coefficient (Wildman–Crippen LogP) is 0.519. The fraction of sp³-hybridized carbons (Fsp3) is 0.727. The molecule has 0 aromatic carbocycles. The van der Waals surface area contributed by atoms with E-state index in [4.69, 9.17) is 9.84 Å². The van der Waals surface area contributed by atoms with E-state index in [0.717, 1.165) is 6.42 Å². The lowest BCUT2D eigenvalue weighted by Crippen LogP contribution is -2.33. The molecule has 1 rings (SSSR count). The monoisotopic (exact) mass is 255 g/mol. The zero-order chi connectivity index (χ0) is 13.5. The molecule has 2 N–H and O–H groups in total. The van der Waals surface area contributed by atoms with Gasteiger partial charge in [0.05, 0.1) is 19.3 Å². The standard InChI is InChI=1S/C11H21N5O2/c1-5-6-18-11-14-9(12-3)13-10(15-11)16(4)8(2)7-17/h8,17H,5-7H2,1-4H3,(H,12,13,14,15). The van der Waals surface area contributed by atoms with Crippen molar-refractivity contribution in [1.29, 1.82) is 0 Å². The predicted molar refractivity (Wildman–Crippen MR) is 70.1 cm³/mol. The Bertz CT molecular complexity index is 374. The molecule has 0 aliphatic rings. The molecular formula is C11H21N5O2. The molecule has 1 aromatic heterocycles. The average molecular weight is 255 g/mol. The molecule has 7 nitrogen and oxygen atoms in total. The van der Waals surface area contributed by atoms with Gasteiger partial charge in [-0.2, -0.15) is 15.0 Å². The number of nitrogens with one attached hydrogen (secondary N) is 1. The average Bonchev–Trinajstić information content (AvgIpc) is 2.42. The summed E-state index contributed by atoms with van der Waals surface area (Å²) in [6.07, 6.45) is 0.888. The van der Waals surface area contributed by atoms with Crippen LogP contribution in [-0.4, -0.2) is 53.4 Å². The van der Waals surface area contributed by atoms with Gasteiger partial charge in [-0.1, -0.05) is 6.92 Å². The molecule has 7 heteroatoms. The highest BCUT2D eigenvalue weighted by Gasteiger charge is 2.15. The molecule has 0 saturated carbocycles. The number of hydrogen-bond donors (Lipinski definition) is 2. The van der Waals surface area contributed by atoms with Gasteiger partial charge in [0.1, 0.15) is 0 Å². The van der Waals surface area contributed by atoms with E-state index >= 15 is 0 Å². The number of nitrogens with zero attached hydrogens (tertiary/aromatic N) is 4. The number of aliphatic hydroxyl groups excluding tert-OH is 1. The largest absolute Gasteiger partial charge is 0.463 e. The molecule has 1 unspecified atom stereocenters. The van der Waals surface area contributed by atoms with Crippen molar-refractivity contribution < 1.29 is 9.84 Å². The molecule has 1 atom stereocenters. The van der Waals surface area contributed by atoms with Gasteiger partial charge in [-0.15, -0.1) is 0 Å². The van der Waals surface area contributed by atoms with Crippen LogP contribution in [0.15, 0.2) is 0 Å². The van der Waals surface area contributed by atoms with Gasteiger partial charge in [-0.3, -0.25) is 0 Å². The number of hydrogen-bond acceptors (Lipinski definition) is 7. The van der Waals surface area contributed by atoms with Gasteiger partial charge in [-0.25, -0.2) is 0 Å². The van der Waals surface area contributed by atoms with Gasteiger partial charge < -0.3 is 20.1 Å². The van der Waals surface area contributed by atoms with Crippen LogP contribution in [0.2, 0.25) is 0 Å². The summed E-state index contributed by atoms with van der Waals surface area (Å²) in [5.74, 6) is 0.921. The highest BCUT2D eigenvalue weighted by molar-refractivity contribution is 5.38. The maximum Gasteiger partial charge on any atom is 0.323 e. The van der Waals surface area contributed by atoms with Crippen LogP contribution in [0.1, 0.15) is 20.3 Å². The summed E-state index contributed by atoms with van der Waals surface area (Å²) in [6.45, 7) is 4.49. The molecule has 0 radical (unpaired) electrons. The van der Waals surface area contributed by atoms with Crippen molar-refractivity contribution in [1.82, 2.24) is 15.0 Å². The zero-order valence-electron chi connectivity index (χ0n) is 11.3. The summed E-state index contributed by atoms with van der Waals surface area (Å²) < 4.78 is 5.41. The Balaban J connectivity index is 2.95. The van der Waals surface area contributed by atoms with Crippen molar-refractivity contribution in [3.63, 3.8) is 0 Å². The quantitative estimate of drug-likeness (QED) is 0.734. The van der Waals surface area contributed by atoms with Crippen LogP contribution < -0.4 is 15.0 Å². The van der Waals surface area contributed by atoms with Crippen molar-refractivity contribution in [3.8, 4) is 6.01 Å². The summed E-state index contributed by atoms with van der Waals surface area (Å²) in [4.78, 5) is 14.3. The van der Waals surface area contributed by atoms with E-state index in [1.165, 1.54) is 0 Å². The molecule has 1 heterocycles. The Kier molecular flexibility index (Phi) is 5.57. The fourth-order valence-electron chi connectivity index (χ4n) is 1.19. The third-order valence-electron chi connectivity index (χ3n) is 2.50. The van der Waals surface area contributed by atoms with Gasteiger partial charge in [0.15, 0.2) is 0 Å². The molecule has 0 amide bonds. The number of aliphatic hydroxyl groups is 1. The summed E-state index contributed by atoms with van der Waals surface area (Å²) in [6, 6.07) is 0.222. The van der Waals surface area contributed by atoms with E-state index < -0.39 is 0 Å². The summed E-state index contributed by atoms with van der Waals surface area (Å²) in [7, 11) is 3.55. The van der Waals surface area contributed by atoms with Crippen molar-refractivity contribution >= 4 is 11.9 Å². The normalized spacial score (nSPS) is 12.1. The second kappa shape index (κ2) is 6.95. The third-order valence-corrected chi connectivity index (χ3v) is 2.50. The first-order valence-electron chi connectivity index (χ1n) is 6.02. The van der Waals surface area contributed by atoms with Gasteiger partial charge in [-0.05, 0) is 13.3 Å². The molecule has 0 fully saturated rings. The number of ether oxygens (including phenoxy) is 1. The Morgan fingerprint density at radius 3 is 2.67 bits per heavy atom. The van der Waals surface area contributed by atoms with Crippen molar-refractivity contribution in [3.05, 3.63) is 0 Å². The van der Waals surface area contributed by atoms with Crippen LogP contribution in [0.3, 0.4) is 0 Å². The Morgan fingerprint density at radius 2 is 2.11 bits per heavy atom. The lowest BCUT2D eigenvalue weighted by atomic mass is 10.3. The second-order valence-electron chi connectivity index (χ2n) is 3.98. The van der Waals surface area contributed by atoms with Crippen molar-refractivity contribution in [2.24, 2.45) is 0 Å². The van der Waals surface area contributed by atoms with Crippen LogP contribution in [0.4, 0.5) is 11.9 Å². The summed E-state index contributed by atoms with van der Waals surface area (Å²) in [5, 5.41) is 12.0. The first kappa shape index (κ1) is 14.4. The number of likely N-dealkylation sites (N-methyl/N-ethyl adjacent to an activating group) is 1.